The number of nitrogens with two attached hydrogens (primary N) is 1. The highest BCUT2D eigenvalue weighted by Gasteiger charge is 2.14. The van der Waals surface area contributed by atoms with E-state index in [1.54, 1.807) is 0 Å². The first-order chi connectivity index (χ1) is 7.56. The van der Waals surface area contributed by atoms with E-state index >= 15 is 0 Å². The topological polar surface area (TPSA) is 50.9 Å². The number of hydrogen-bond acceptors (Lipinski definition) is 3. The molecule has 90 valence electrons. The maximum Gasteiger partial charge on any atom is 0.140 e. The van der Waals surface area contributed by atoms with E-state index in [-0.39, 0.29) is 0 Å². The van der Waals surface area contributed by atoms with Gasteiger partial charge in [-0.1, -0.05) is 13.8 Å². The summed E-state index contributed by atoms with van der Waals surface area (Å²) in [6, 6.07) is 2.36. The fourth-order valence-corrected chi connectivity index (χ4v) is 1.92. The quantitative estimate of drug-likeness (QED) is 0.875. The molecular weight excluding hydrogens is 266 g/mol. The molecule has 0 bridgehead atoms. The molecule has 0 fully saturated rings. The molecule has 0 aliphatic rings. The summed E-state index contributed by atoms with van der Waals surface area (Å²) in [6.45, 7) is 7.14. The highest BCUT2D eigenvalue weighted by Crippen LogP contribution is 2.25. The van der Waals surface area contributed by atoms with Crippen molar-refractivity contribution in [2.24, 2.45) is 11.7 Å². The Morgan fingerprint density at radius 2 is 2.19 bits per heavy atom. The Bertz CT molecular complexity index is 339. The smallest absolute Gasteiger partial charge is 0.140 e. The third kappa shape index (κ3) is 3.46. The number of hydrogen-bond donors (Lipinski definition) is 2. The Labute approximate surface area is 106 Å². The van der Waals surface area contributed by atoms with Crippen molar-refractivity contribution in [3.05, 3.63) is 22.3 Å². The Balaban J connectivity index is 2.81. The van der Waals surface area contributed by atoms with Gasteiger partial charge in [-0.05, 0) is 53.4 Å². The van der Waals surface area contributed by atoms with E-state index in [9.17, 15) is 0 Å². The van der Waals surface area contributed by atoms with Crippen molar-refractivity contribution in [1.82, 2.24) is 4.98 Å². The third-order valence-corrected chi connectivity index (χ3v) is 3.69. The normalized spacial score (nSPS) is 12.9. The SMILES string of the molecule is Cc1ccnc(NC(CCN)C(C)C)c1Br. The molecule has 3 nitrogen and oxygen atoms in total. The lowest BCUT2D eigenvalue weighted by atomic mass is 10.0. The number of aromatic nitrogens is 1. The summed E-state index contributed by atoms with van der Waals surface area (Å²) in [5.74, 6) is 1.45. The summed E-state index contributed by atoms with van der Waals surface area (Å²) in [5.41, 5.74) is 6.80. The lowest BCUT2D eigenvalue weighted by Gasteiger charge is -2.23. The first-order valence-electron chi connectivity index (χ1n) is 5.64. The van der Waals surface area contributed by atoms with Gasteiger partial charge in [0.2, 0.25) is 0 Å². The van der Waals surface area contributed by atoms with Crippen LogP contribution in [0.3, 0.4) is 0 Å². The van der Waals surface area contributed by atoms with Gasteiger partial charge in [0, 0.05) is 12.2 Å². The summed E-state index contributed by atoms with van der Waals surface area (Å²) < 4.78 is 1.04. The molecule has 0 saturated carbocycles. The monoisotopic (exact) mass is 285 g/mol. The van der Waals surface area contributed by atoms with Gasteiger partial charge in [-0.15, -0.1) is 0 Å². The van der Waals surface area contributed by atoms with Crippen LogP contribution in [0.25, 0.3) is 0 Å². The molecule has 0 aliphatic carbocycles. The molecule has 0 amide bonds. The third-order valence-electron chi connectivity index (χ3n) is 2.69. The summed E-state index contributed by atoms with van der Waals surface area (Å²) >= 11 is 3.55. The van der Waals surface area contributed by atoms with E-state index in [4.69, 9.17) is 5.73 Å². The van der Waals surface area contributed by atoms with Crippen molar-refractivity contribution in [3.8, 4) is 0 Å². The van der Waals surface area contributed by atoms with Crippen LogP contribution in [0.2, 0.25) is 0 Å². The van der Waals surface area contributed by atoms with E-state index in [1.165, 1.54) is 5.56 Å². The molecule has 1 heterocycles. The minimum atomic E-state index is 0.371. The van der Waals surface area contributed by atoms with Crippen LogP contribution in [0.1, 0.15) is 25.8 Å². The van der Waals surface area contributed by atoms with Crippen LogP contribution in [0.4, 0.5) is 5.82 Å². The predicted molar refractivity (Wildman–Crippen MR) is 72.6 cm³/mol. The van der Waals surface area contributed by atoms with Crippen LogP contribution in [0.15, 0.2) is 16.7 Å². The van der Waals surface area contributed by atoms with Gasteiger partial charge in [0.15, 0.2) is 0 Å². The maximum atomic E-state index is 5.62. The first kappa shape index (κ1) is 13.5. The average molecular weight is 286 g/mol. The molecule has 16 heavy (non-hydrogen) atoms. The Kier molecular flexibility index (Phi) is 5.22. The van der Waals surface area contributed by atoms with Crippen molar-refractivity contribution in [1.29, 1.82) is 0 Å². The molecule has 1 unspecified atom stereocenters. The standard InChI is InChI=1S/C12H20BrN3/c1-8(2)10(4-6-14)16-12-11(13)9(3)5-7-15-12/h5,7-8,10H,4,6,14H2,1-3H3,(H,15,16). The molecule has 1 aromatic heterocycles. The fraction of sp³-hybridized carbons (Fsp3) is 0.583. The Morgan fingerprint density at radius 3 is 2.75 bits per heavy atom. The van der Waals surface area contributed by atoms with Gasteiger partial charge < -0.3 is 11.1 Å². The molecule has 0 radical (unpaired) electrons. The summed E-state index contributed by atoms with van der Waals surface area (Å²) in [5, 5.41) is 3.45. The first-order valence-corrected chi connectivity index (χ1v) is 6.43. The Morgan fingerprint density at radius 1 is 1.50 bits per heavy atom. The van der Waals surface area contributed by atoms with Gasteiger partial charge in [0.25, 0.3) is 0 Å². The molecule has 0 aliphatic heterocycles. The lowest BCUT2D eigenvalue weighted by Crippen LogP contribution is -2.29. The zero-order valence-electron chi connectivity index (χ0n) is 10.1. The fourth-order valence-electron chi connectivity index (χ4n) is 1.57. The number of nitrogens with one attached hydrogen (secondary N) is 1. The van der Waals surface area contributed by atoms with Crippen LogP contribution in [-0.4, -0.2) is 17.6 Å². The zero-order chi connectivity index (χ0) is 12.1. The van der Waals surface area contributed by atoms with Gasteiger partial charge in [-0.25, -0.2) is 4.98 Å². The molecule has 1 rings (SSSR count). The molecular formula is C12H20BrN3. The number of anilines is 1. The minimum Gasteiger partial charge on any atom is -0.366 e. The van der Waals surface area contributed by atoms with Crippen molar-refractivity contribution in [2.75, 3.05) is 11.9 Å². The van der Waals surface area contributed by atoms with Gasteiger partial charge in [-0.2, -0.15) is 0 Å². The second-order valence-electron chi connectivity index (χ2n) is 4.36. The summed E-state index contributed by atoms with van der Waals surface area (Å²) in [7, 11) is 0. The van der Waals surface area contributed by atoms with E-state index in [0.29, 0.717) is 18.5 Å². The van der Waals surface area contributed by atoms with Crippen LogP contribution in [0.5, 0.6) is 0 Å². The van der Waals surface area contributed by atoms with Crippen molar-refractivity contribution in [3.63, 3.8) is 0 Å². The number of nitrogens with zero attached hydrogens (tertiary/aromatic N) is 1. The van der Waals surface area contributed by atoms with Crippen LogP contribution >= 0.6 is 15.9 Å². The highest BCUT2D eigenvalue weighted by atomic mass is 79.9. The maximum absolute atomic E-state index is 5.62. The van der Waals surface area contributed by atoms with Crippen molar-refractivity contribution < 1.29 is 0 Å². The molecule has 3 N–H and O–H groups in total. The van der Waals surface area contributed by atoms with Gasteiger partial charge >= 0.3 is 0 Å². The number of pyridine rings is 1. The Hall–Kier alpha value is -0.610. The van der Waals surface area contributed by atoms with Gasteiger partial charge in [-0.3, -0.25) is 0 Å². The van der Waals surface area contributed by atoms with Crippen LogP contribution in [0, 0.1) is 12.8 Å². The molecule has 0 aromatic carbocycles. The van der Waals surface area contributed by atoms with Crippen molar-refractivity contribution >= 4 is 21.7 Å². The minimum absolute atomic E-state index is 0.371. The predicted octanol–water partition coefficient (Wildman–Crippen LogP) is 2.94. The average Bonchev–Trinajstić information content (AvgIpc) is 2.23. The van der Waals surface area contributed by atoms with E-state index in [2.05, 4.69) is 47.0 Å². The van der Waals surface area contributed by atoms with E-state index < -0.39 is 0 Å². The second kappa shape index (κ2) is 6.21. The number of halogens is 1. The largest absolute Gasteiger partial charge is 0.366 e. The number of rotatable bonds is 5. The van der Waals surface area contributed by atoms with E-state index in [1.807, 2.05) is 12.3 Å². The van der Waals surface area contributed by atoms with Crippen LogP contribution < -0.4 is 11.1 Å². The molecule has 0 spiro atoms. The summed E-state index contributed by atoms with van der Waals surface area (Å²) in [4.78, 5) is 4.34. The highest BCUT2D eigenvalue weighted by molar-refractivity contribution is 9.10. The molecule has 0 saturated heterocycles. The van der Waals surface area contributed by atoms with Crippen molar-refractivity contribution in [2.45, 2.75) is 33.2 Å². The molecule has 4 heteroatoms. The molecule has 1 atom stereocenters. The van der Waals surface area contributed by atoms with Crippen LogP contribution in [-0.2, 0) is 0 Å². The lowest BCUT2D eigenvalue weighted by molar-refractivity contribution is 0.497. The van der Waals surface area contributed by atoms with E-state index in [0.717, 1.165) is 16.7 Å². The molecule has 1 aromatic rings. The number of aryl methyl sites for hydroxylation is 1. The zero-order valence-corrected chi connectivity index (χ0v) is 11.7. The summed E-state index contributed by atoms with van der Waals surface area (Å²) in [6.07, 6.45) is 2.78. The van der Waals surface area contributed by atoms with Gasteiger partial charge in [0.1, 0.15) is 5.82 Å². The van der Waals surface area contributed by atoms with Gasteiger partial charge in [0.05, 0.1) is 4.47 Å². The second-order valence-corrected chi connectivity index (χ2v) is 5.16.